The monoisotopic (exact) mass is 281 g/mol. The highest BCUT2D eigenvalue weighted by molar-refractivity contribution is 6.32. The van der Waals surface area contributed by atoms with Gasteiger partial charge in [0.2, 0.25) is 0 Å². The van der Waals surface area contributed by atoms with Crippen LogP contribution in [-0.4, -0.2) is 28.5 Å². The second kappa shape index (κ2) is 5.41. The minimum absolute atomic E-state index is 0.00615. The number of hydrogen-bond acceptors (Lipinski definition) is 2. The predicted molar refractivity (Wildman–Crippen MR) is 76.6 cm³/mol. The number of nitrogens with zero attached hydrogens (tertiary/aromatic N) is 1. The van der Waals surface area contributed by atoms with Gasteiger partial charge in [-0.2, -0.15) is 0 Å². The van der Waals surface area contributed by atoms with Crippen molar-refractivity contribution in [2.45, 2.75) is 33.2 Å². The molecule has 1 aromatic carbocycles. The van der Waals surface area contributed by atoms with Gasteiger partial charge in [-0.15, -0.1) is 0 Å². The van der Waals surface area contributed by atoms with E-state index in [-0.39, 0.29) is 22.7 Å². The van der Waals surface area contributed by atoms with Gasteiger partial charge in [-0.25, -0.2) is 0 Å². The van der Waals surface area contributed by atoms with Crippen LogP contribution < -0.4 is 0 Å². The van der Waals surface area contributed by atoms with E-state index < -0.39 is 0 Å². The van der Waals surface area contributed by atoms with Crippen molar-refractivity contribution >= 4 is 17.5 Å². The highest BCUT2D eigenvalue weighted by atomic mass is 35.5. The maximum Gasteiger partial charge on any atom is 0.254 e. The third kappa shape index (κ3) is 2.86. The van der Waals surface area contributed by atoms with Gasteiger partial charge in [0.05, 0.1) is 5.02 Å². The summed E-state index contributed by atoms with van der Waals surface area (Å²) in [6, 6.07) is 4.86. The van der Waals surface area contributed by atoms with Gasteiger partial charge >= 0.3 is 0 Å². The summed E-state index contributed by atoms with van der Waals surface area (Å²) in [4.78, 5) is 14.5. The zero-order valence-electron chi connectivity index (χ0n) is 11.6. The number of aromatic hydroxyl groups is 1. The number of carbonyl (C=O) groups excluding carboxylic acids is 1. The van der Waals surface area contributed by atoms with Crippen molar-refractivity contribution in [1.82, 2.24) is 4.90 Å². The van der Waals surface area contributed by atoms with Crippen molar-refractivity contribution in [3.63, 3.8) is 0 Å². The molecule has 2 rings (SSSR count). The molecule has 1 heterocycles. The number of piperidine rings is 1. The van der Waals surface area contributed by atoms with E-state index in [1.165, 1.54) is 12.1 Å². The Hall–Kier alpha value is -1.22. The van der Waals surface area contributed by atoms with E-state index in [0.717, 1.165) is 13.0 Å². The molecule has 3 unspecified atom stereocenters. The van der Waals surface area contributed by atoms with E-state index in [0.29, 0.717) is 17.4 Å². The minimum Gasteiger partial charge on any atom is -0.506 e. The fourth-order valence-corrected chi connectivity index (χ4v) is 2.97. The van der Waals surface area contributed by atoms with E-state index in [1.54, 1.807) is 6.07 Å². The van der Waals surface area contributed by atoms with Gasteiger partial charge in [0.25, 0.3) is 5.91 Å². The van der Waals surface area contributed by atoms with Crippen LogP contribution in [0.4, 0.5) is 0 Å². The number of phenols is 1. The third-order valence-electron chi connectivity index (χ3n) is 4.05. The van der Waals surface area contributed by atoms with Crippen LogP contribution >= 0.6 is 11.6 Å². The number of benzene rings is 1. The molecule has 1 aliphatic rings. The van der Waals surface area contributed by atoms with Crippen LogP contribution in [0.1, 0.15) is 37.6 Å². The summed E-state index contributed by atoms with van der Waals surface area (Å²) >= 11 is 5.87. The number of halogens is 1. The van der Waals surface area contributed by atoms with Crippen LogP contribution in [0.15, 0.2) is 18.2 Å². The topological polar surface area (TPSA) is 40.5 Å². The molecule has 19 heavy (non-hydrogen) atoms. The lowest BCUT2D eigenvalue weighted by Gasteiger charge is -2.41. The van der Waals surface area contributed by atoms with E-state index in [1.807, 2.05) is 4.90 Å². The van der Waals surface area contributed by atoms with E-state index in [9.17, 15) is 9.90 Å². The second-order valence-corrected chi connectivity index (χ2v) is 6.09. The van der Waals surface area contributed by atoms with Gasteiger partial charge in [0, 0.05) is 18.2 Å². The number of likely N-dealkylation sites (tertiary alicyclic amines) is 1. The zero-order chi connectivity index (χ0) is 14.2. The average molecular weight is 282 g/mol. The van der Waals surface area contributed by atoms with Crippen molar-refractivity contribution in [1.29, 1.82) is 0 Å². The van der Waals surface area contributed by atoms with Crippen LogP contribution in [0, 0.1) is 11.8 Å². The number of carbonyl (C=O) groups is 1. The summed E-state index contributed by atoms with van der Waals surface area (Å²) in [5.41, 5.74) is 0.538. The molecule has 0 aliphatic carbocycles. The fourth-order valence-electron chi connectivity index (χ4n) is 2.79. The van der Waals surface area contributed by atoms with Crippen molar-refractivity contribution in [2.75, 3.05) is 6.54 Å². The Morgan fingerprint density at radius 2 is 2.05 bits per heavy atom. The largest absolute Gasteiger partial charge is 0.506 e. The van der Waals surface area contributed by atoms with Gasteiger partial charge < -0.3 is 10.0 Å². The molecular formula is C15H20ClNO2. The Morgan fingerprint density at radius 1 is 1.37 bits per heavy atom. The van der Waals surface area contributed by atoms with Gasteiger partial charge in [0.1, 0.15) is 5.75 Å². The molecule has 3 atom stereocenters. The number of amides is 1. The highest BCUT2D eigenvalue weighted by Gasteiger charge is 2.32. The molecule has 1 aliphatic heterocycles. The Morgan fingerprint density at radius 3 is 2.68 bits per heavy atom. The van der Waals surface area contributed by atoms with Gasteiger partial charge in [-0.1, -0.05) is 25.4 Å². The molecule has 3 nitrogen and oxygen atoms in total. The van der Waals surface area contributed by atoms with Crippen molar-refractivity contribution in [2.24, 2.45) is 11.8 Å². The van der Waals surface area contributed by atoms with E-state index in [4.69, 9.17) is 11.6 Å². The number of rotatable bonds is 1. The molecule has 0 saturated carbocycles. The molecule has 104 valence electrons. The quantitative estimate of drug-likeness (QED) is 0.855. The van der Waals surface area contributed by atoms with Crippen molar-refractivity contribution < 1.29 is 9.90 Å². The smallest absolute Gasteiger partial charge is 0.254 e. The number of hydrogen-bond donors (Lipinski definition) is 1. The lowest BCUT2D eigenvalue weighted by molar-refractivity contribution is 0.0455. The van der Waals surface area contributed by atoms with Crippen LogP contribution in [0.25, 0.3) is 0 Å². The fraction of sp³-hybridized carbons (Fsp3) is 0.533. The first-order chi connectivity index (χ1) is 8.90. The lowest BCUT2D eigenvalue weighted by Crippen LogP contribution is -2.48. The minimum atomic E-state index is -0.00667. The summed E-state index contributed by atoms with van der Waals surface area (Å²) in [6.45, 7) is 7.23. The van der Waals surface area contributed by atoms with Crippen molar-refractivity contribution in [3.05, 3.63) is 28.8 Å². The summed E-state index contributed by atoms with van der Waals surface area (Å²) in [6.07, 6.45) is 1.15. The first kappa shape index (κ1) is 14.2. The molecular weight excluding hydrogens is 262 g/mol. The van der Waals surface area contributed by atoms with E-state index >= 15 is 0 Å². The molecule has 1 saturated heterocycles. The Balaban J connectivity index is 2.24. The molecule has 4 heteroatoms. The molecule has 1 amide bonds. The van der Waals surface area contributed by atoms with Gasteiger partial charge in [0.15, 0.2) is 0 Å². The van der Waals surface area contributed by atoms with Crippen LogP contribution in [-0.2, 0) is 0 Å². The first-order valence-corrected chi connectivity index (χ1v) is 7.07. The Labute approximate surface area is 119 Å². The molecule has 1 fully saturated rings. The maximum atomic E-state index is 12.6. The standard InChI is InChI=1S/C15H20ClNO2/c1-9-6-10(2)11(3)17(8-9)15(19)12-4-5-14(18)13(16)7-12/h4-5,7,9-11,18H,6,8H2,1-3H3. The molecule has 1 aromatic rings. The second-order valence-electron chi connectivity index (χ2n) is 5.68. The first-order valence-electron chi connectivity index (χ1n) is 6.69. The molecule has 0 radical (unpaired) electrons. The van der Waals surface area contributed by atoms with Gasteiger partial charge in [-0.3, -0.25) is 4.79 Å². The summed E-state index contributed by atoms with van der Waals surface area (Å²) in [7, 11) is 0. The number of phenolic OH excluding ortho intramolecular Hbond substituents is 1. The zero-order valence-corrected chi connectivity index (χ0v) is 12.3. The van der Waals surface area contributed by atoms with Crippen LogP contribution in [0.2, 0.25) is 5.02 Å². The Bertz CT molecular complexity index is 489. The average Bonchev–Trinajstić information content (AvgIpc) is 2.36. The molecule has 0 aromatic heterocycles. The summed E-state index contributed by atoms with van der Waals surface area (Å²) in [5.74, 6) is 1.02. The highest BCUT2D eigenvalue weighted by Crippen LogP contribution is 2.30. The SMILES string of the molecule is CC1CC(C)C(C)N(C(=O)c2ccc(O)c(Cl)c2)C1. The summed E-state index contributed by atoms with van der Waals surface area (Å²) in [5, 5.41) is 9.63. The predicted octanol–water partition coefficient (Wildman–Crippen LogP) is 3.55. The molecule has 1 N–H and O–H groups in total. The van der Waals surface area contributed by atoms with Crippen LogP contribution in [0.5, 0.6) is 5.75 Å². The molecule has 0 bridgehead atoms. The lowest BCUT2D eigenvalue weighted by atomic mass is 9.85. The van der Waals surface area contributed by atoms with E-state index in [2.05, 4.69) is 20.8 Å². The molecule has 0 spiro atoms. The summed E-state index contributed by atoms with van der Waals surface area (Å²) < 4.78 is 0. The Kier molecular flexibility index (Phi) is 4.04. The van der Waals surface area contributed by atoms with Gasteiger partial charge in [-0.05, 0) is 43.4 Å². The third-order valence-corrected chi connectivity index (χ3v) is 4.36. The van der Waals surface area contributed by atoms with Crippen LogP contribution in [0.3, 0.4) is 0 Å². The maximum absolute atomic E-state index is 12.6. The van der Waals surface area contributed by atoms with Crippen molar-refractivity contribution in [3.8, 4) is 5.75 Å². The normalized spacial score (nSPS) is 27.4.